The Morgan fingerprint density at radius 1 is 1.24 bits per heavy atom. The molecule has 8 nitrogen and oxygen atoms in total. The average molecular weight is 483 g/mol. The number of phenols is 1. The van der Waals surface area contributed by atoms with Crippen molar-refractivity contribution in [3.63, 3.8) is 0 Å². The summed E-state index contributed by atoms with van der Waals surface area (Å²) >= 11 is 1.34. The van der Waals surface area contributed by atoms with Gasteiger partial charge < -0.3 is 19.9 Å². The second kappa shape index (κ2) is 9.88. The van der Waals surface area contributed by atoms with Crippen molar-refractivity contribution in [1.82, 2.24) is 10.3 Å². The number of methoxy groups -OCH3 is 1. The molecule has 0 saturated carbocycles. The molecule has 0 aliphatic carbocycles. The first kappa shape index (κ1) is 22.6. The number of nitrogens with one attached hydrogen (secondary N) is 3. The number of amides is 1. The first-order valence-electron chi connectivity index (χ1n) is 9.99. The van der Waals surface area contributed by atoms with Gasteiger partial charge in [0.15, 0.2) is 16.1 Å². The molecule has 2 heterocycles. The van der Waals surface area contributed by atoms with Crippen LogP contribution in [0.2, 0.25) is 0 Å². The van der Waals surface area contributed by atoms with E-state index in [4.69, 9.17) is 4.74 Å². The van der Waals surface area contributed by atoms with E-state index in [0.717, 1.165) is 16.1 Å². The maximum absolute atomic E-state index is 13.0. The standard InChI is InChI=1S/C23H22N4O4S2/c1-14-21(32-23(25-14)26-22(29)16-4-3-11-24-13-16)15-5-10-19(31-2)20(12-15)33(30)27-17-6-8-18(28)9-7-17/h3-10,12-13,24,27-28H,11H2,1-2H3,(H,25,26,29). The highest BCUT2D eigenvalue weighted by molar-refractivity contribution is 7.86. The van der Waals surface area contributed by atoms with Crippen LogP contribution >= 0.6 is 11.3 Å². The molecule has 170 valence electrons. The number of hydrogen-bond donors (Lipinski definition) is 4. The van der Waals surface area contributed by atoms with Crippen LogP contribution in [-0.4, -0.2) is 33.9 Å². The molecule has 1 aliphatic rings. The minimum Gasteiger partial charge on any atom is -0.508 e. The maximum atomic E-state index is 13.0. The average Bonchev–Trinajstić information content (AvgIpc) is 3.20. The number of nitrogens with zero attached hydrogens (tertiary/aromatic N) is 1. The van der Waals surface area contributed by atoms with Crippen molar-refractivity contribution in [3.8, 4) is 21.9 Å². The first-order valence-corrected chi connectivity index (χ1v) is 12.0. The molecule has 2 aromatic carbocycles. The molecule has 10 heteroatoms. The number of rotatable bonds is 7. The molecule has 1 atom stereocenters. The summed E-state index contributed by atoms with van der Waals surface area (Å²) in [5.41, 5.74) is 2.67. The third-order valence-corrected chi connectivity index (χ3v) is 7.03. The van der Waals surface area contributed by atoms with Crippen LogP contribution in [0.3, 0.4) is 0 Å². The van der Waals surface area contributed by atoms with Gasteiger partial charge in [0.25, 0.3) is 5.91 Å². The molecule has 0 fully saturated rings. The largest absolute Gasteiger partial charge is 0.508 e. The predicted octanol–water partition coefficient (Wildman–Crippen LogP) is 3.95. The quantitative estimate of drug-likeness (QED) is 0.380. The lowest BCUT2D eigenvalue weighted by atomic mass is 10.1. The molecule has 4 N–H and O–H groups in total. The highest BCUT2D eigenvalue weighted by atomic mass is 32.2. The Kier molecular flexibility index (Phi) is 6.76. The molecule has 0 saturated heterocycles. The third-order valence-electron chi connectivity index (χ3n) is 4.77. The summed E-state index contributed by atoms with van der Waals surface area (Å²) in [4.78, 5) is 18.3. The zero-order valence-electron chi connectivity index (χ0n) is 17.9. The Morgan fingerprint density at radius 3 is 2.73 bits per heavy atom. The zero-order chi connectivity index (χ0) is 23.4. The first-order chi connectivity index (χ1) is 15.9. The SMILES string of the molecule is COc1ccc(-c2sc(NC(=O)C3=CNCC=C3)nc2C)cc1S(=O)Nc1ccc(O)cc1. The normalized spacial score (nSPS) is 13.6. The van der Waals surface area contributed by atoms with Crippen LogP contribution in [0.4, 0.5) is 10.8 Å². The van der Waals surface area contributed by atoms with Gasteiger partial charge in [0.05, 0.1) is 23.3 Å². The number of benzene rings is 2. The molecule has 1 aliphatic heterocycles. The summed E-state index contributed by atoms with van der Waals surface area (Å²) in [6.45, 7) is 2.55. The van der Waals surface area contributed by atoms with Gasteiger partial charge in [0.1, 0.15) is 16.4 Å². The third kappa shape index (κ3) is 5.24. The second-order valence-electron chi connectivity index (χ2n) is 7.08. The van der Waals surface area contributed by atoms with Crippen molar-refractivity contribution in [2.45, 2.75) is 11.8 Å². The smallest absolute Gasteiger partial charge is 0.258 e. The number of anilines is 2. The summed E-state index contributed by atoms with van der Waals surface area (Å²) in [6, 6.07) is 11.7. The monoisotopic (exact) mass is 482 g/mol. The van der Waals surface area contributed by atoms with E-state index in [2.05, 4.69) is 20.3 Å². The van der Waals surface area contributed by atoms with Crippen molar-refractivity contribution >= 4 is 39.0 Å². The van der Waals surface area contributed by atoms with Crippen LogP contribution < -0.4 is 20.1 Å². The minimum absolute atomic E-state index is 0.126. The summed E-state index contributed by atoms with van der Waals surface area (Å²) in [6.07, 6.45) is 5.31. The highest BCUT2D eigenvalue weighted by Crippen LogP contribution is 2.36. The fraction of sp³-hybridized carbons (Fsp3) is 0.130. The van der Waals surface area contributed by atoms with E-state index in [-0.39, 0.29) is 11.7 Å². The number of aromatic nitrogens is 1. The van der Waals surface area contributed by atoms with Crippen LogP contribution in [0.15, 0.2) is 71.3 Å². The van der Waals surface area contributed by atoms with Crippen LogP contribution in [0.5, 0.6) is 11.5 Å². The molecule has 1 amide bonds. The lowest BCUT2D eigenvalue weighted by Crippen LogP contribution is -2.19. The van der Waals surface area contributed by atoms with Gasteiger partial charge >= 0.3 is 0 Å². The van der Waals surface area contributed by atoms with Gasteiger partial charge in [-0.25, -0.2) is 9.19 Å². The van der Waals surface area contributed by atoms with Crippen LogP contribution in [-0.2, 0) is 15.8 Å². The number of aromatic hydroxyl groups is 1. The zero-order valence-corrected chi connectivity index (χ0v) is 19.5. The van der Waals surface area contributed by atoms with Gasteiger partial charge in [0.2, 0.25) is 0 Å². The van der Waals surface area contributed by atoms with Crippen molar-refractivity contribution in [2.75, 3.05) is 23.7 Å². The number of dihydropyridines is 1. The molecular formula is C23H22N4O4S2. The summed E-state index contributed by atoms with van der Waals surface area (Å²) in [5.74, 6) is 0.359. The number of carbonyl (C=O) groups is 1. The maximum Gasteiger partial charge on any atom is 0.258 e. The van der Waals surface area contributed by atoms with Gasteiger partial charge in [0, 0.05) is 18.4 Å². The van der Waals surface area contributed by atoms with E-state index < -0.39 is 11.0 Å². The number of thiazole rings is 1. The molecule has 1 aromatic heterocycles. The fourth-order valence-electron chi connectivity index (χ4n) is 3.15. The van der Waals surface area contributed by atoms with Gasteiger partial charge in [-0.1, -0.05) is 23.5 Å². The van der Waals surface area contributed by atoms with Gasteiger partial charge in [-0.05, 0) is 55.0 Å². The molecular weight excluding hydrogens is 460 g/mol. The molecule has 0 radical (unpaired) electrons. The predicted molar refractivity (Wildman–Crippen MR) is 131 cm³/mol. The van der Waals surface area contributed by atoms with Crippen LogP contribution in [0.1, 0.15) is 5.69 Å². The summed E-state index contributed by atoms with van der Waals surface area (Å²) in [5, 5.41) is 15.8. The Morgan fingerprint density at radius 2 is 2.03 bits per heavy atom. The van der Waals surface area contributed by atoms with Gasteiger partial charge in [-0.15, -0.1) is 0 Å². The lowest BCUT2D eigenvalue weighted by Gasteiger charge is -2.12. The van der Waals surface area contributed by atoms with E-state index >= 15 is 0 Å². The minimum atomic E-state index is -1.61. The topological polar surface area (TPSA) is 113 Å². The lowest BCUT2D eigenvalue weighted by molar-refractivity contribution is -0.112. The van der Waals surface area contributed by atoms with Gasteiger partial charge in [-0.3, -0.25) is 10.1 Å². The number of aryl methyl sites for hydroxylation is 1. The van der Waals surface area contributed by atoms with Crippen molar-refractivity contribution in [1.29, 1.82) is 0 Å². The van der Waals surface area contributed by atoms with E-state index in [0.29, 0.717) is 33.6 Å². The Hall–Kier alpha value is -3.63. The van der Waals surface area contributed by atoms with Crippen LogP contribution in [0.25, 0.3) is 10.4 Å². The van der Waals surface area contributed by atoms with Crippen molar-refractivity contribution < 1.29 is 18.8 Å². The van der Waals surface area contributed by atoms with Crippen LogP contribution in [0, 0.1) is 6.92 Å². The van der Waals surface area contributed by atoms with Gasteiger partial charge in [-0.2, -0.15) is 0 Å². The molecule has 4 rings (SSSR count). The molecule has 33 heavy (non-hydrogen) atoms. The van der Waals surface area contributed by atoms with Crippen molar-refractivity contribution in [3.05, 3.63) is 72.1 Å². The molecule has 3 aromatic rings. The Labute approximate surface area is 197 Å². The molecule has 0 bridgehead atoms. The summed E-state index contributed by atoms with van der Waals surface area (Å²) < 4.78 is 21.4. The van der Waals surface area contributed by atoms with E-state index in [1.165, 1.54) is 30.6 Å². The van der Waals surface area contributed by atoms with Crippen molar-refractivity contribution in [2.24, 2.45) is 0 Å². The number of carbonyl (C=O) groups excluding carboxylic acids is 1. The number of ether oxygens (including phenoxy) is 1. The Bertz CT molecular complexity index is 1270. The number of phenolic OH excluding ortho intramolecular Hbond substituents is 1. The fourth-order valence-corrected chi connectivity index (χ4v) is 5.14. The second-order valence-corrected chi connectivity index (χ2v) is 9.26. The molecule has 1 unspecified atom stereocenters. The van der Waals surface area contributed by atoms with E-state index in [1.807, 2.05) is 19.1 Å². The highest BCUT2D eigenvalue weighted by Gasteiger charge is 2.18. The molecule has 0 spiro atoms. The Balaban J connectivity index is 1.58. The van der Waals surface area contributed by atoms with E-state index in [9.17, 15) is 14.1 Å². The summed E-state index contributed by atoms with van der Waals surface area (Å²) in [7, 11) is -0.0941. The number of hydrogen-bond acceptors (Lipinski definition) is 7. The van der Waals surface area contributed by atoms with E-state index in [1.54, 1.807) is 36.5 Å².